The number of carbonyl (C=O) groups excluding carboxylic acids is 1. The molecule has 0 heterocycles. The fourth-order valence-corrected chi connectivity index (χ4v) is 6.56. The van der Waals surface area contributed by atoms with Crippen LogP contribution in [0.5, 0.6) is 0 Å². The third-order valence-electron chi connectivity index (χ3n) is 9.83. The smallest absolute Gasteiger partial charge is 0.306 e. The number of ether oxygens (including phenoxy) is 1. The van der Waals surface area contributed by atoms with E-state index < -0.39 is 5.97 Å². The maximum Gasteiger partial charge on any atom is 0.306 e. The van der Waals surface area contributed by atoms with Crippen molar-refractivity contribution in [2.75, 3.05) is 0 Å². The molecule has 0 aromatic rings. The lowest BCUT2D eigenvalue weighted by atomic mass is 10.0. The Balaban J connectivity index is 3.97. The van der Waals surface area contributed by atoms with Gasteiger partial charge in [0.2, 0.25) is 0 Å². The summed E-state index contributed by atoms with van der Waals surface area (Å²) in [7, 11) is 0. The van der Waals surface area contributed by atoms with Crippen LogP contribution in [0, 0.1) is 0 Å². The highest BCUT2D eigenvalue weighted by Gasteiger charge is 2.14. The number of hydrogen-bond donors (Lipinski definition) is 1. The molecule has 1 N–H and O–H groups in total. The number of esters is 1. The van der Waals surface area contributed by atoms with Crippen LogP contribution in [0.1, 0.15) is 239 Å². The Morgan fingerprint density at radius 3 is 1.26 bits per heavy atom. The minimum Gasteiger partial charge on any atom is -0.481 e. The lowest BCUT2D eigenvalue weighted by Gasteiger charge is -2.18. The van der Waals surface area contributed by atoms with E-state index in [1.54, 1.807) is 0 Å². The summed E-state index contributed by atoms with van der Waals surface area (Å²) in [6.07, 6.45) is 54.6. The zero-order valence-corrected chi connectivity index (χ0v) is 33.5. The van der Waals surface area contributed by atoms with Crippen molar-refractivity contribution in [1.82, 2.24) is 0 Å². The fraction of sp³-hybridized carbons (Fsp3) is 0.826. The minimum atomic E-state index is -0.687. The summed E-state index contributed by atoms with van der Waals surface area (Å²) in [5, 5.41) is 8.78. The van der Waals surface area contributed by atoms with Crippen molar-refractivity contribution in [3.63, 3.8) is 0 Å². The van der Waals surface area contributed by atoms with Crippen LogP contribution in [0.3, 0.4) is 0 Å². The molecule has 50 heavy (non-hydrogen) atoms. The topological polar surface area (TPSA) is 63.6 Å². The summed E-state index contributed by atoms with van der Waals surface area (Å²) in [5.74, 6) is -0.675. The van der Waals surface area contributed by atoms with Crippen LogP contribution >= 0.6 is 0 Å². The van der Waals surface area contributed by atoms with Crippen molar-refractivity contribution in [1.29, 1.82) is 0 Å². The first-order valence-electron chi connectivity index (χ1n) is 22.0. The molecule has 0 aliphatic heterocycles. The van der Waals surface area contributed by atoms with Gasteiger partial charge in [0, 0.05) is 12.8 Å². The zero-order chi connectivity index (χ0) is 36.4. The highest BCUT2D eigenvalue weighted by atomic mass is 16.5. The Morgan fingerprint density at radius 1 is 0.440 bits per heavy atom. The van der Waals surface area contributed by atoms with Crippen molar-refractivity contribution >= 4 is 11.9 Å². The quantitative estimate of drug-likeness (QED) is 0.0393. The van der Waals surface area contributed by atoms with Gasteiger partial charge in [-0.05, 0) is 96.3 Å². The molecular weight excluding hydrogens is 617 g/mol. The van der Waals surface area contributed by atoms with E-state index in [0.717, 1.165) is 57.8 Å². The van der Waals surface area contributed by atoms with Gasteiger partial charge < -0.3 is 9.84 Å². The van der Waals surface area contributed by atoms with E-state index >= 15 is 0 Å². The molecule has 1 unspecified atom stereocenters. The van der Waals surface area contributed by atoms with Crippen LogP contribution in [-0.4, -0.2) is 23.1 Å². The van der Waals surface area contributed by atoms with Crippen LogP contribution in [-0.2, 0) is 14.3 Å². The first-order valence-corrected chi connectivity index (χ1v) is 22.0. The third kappa shape index (κ3) is 40.6. The molecule has 0 saturated carbocycles. The summed E-state index contributed by atoms with van der Waals surface area (Å²) in [6.45, 7) is 4.53. The summed E-state index contributed by atoms with van der Waals surface area (Å²) >= 11 is 0. The van der Waals surface area contributed by atoms with Gasteiger partial charge in [-0.15, -0.1) is 0 Å². The lowest BCUT2D eigenvalue weighted by Crippen LogP contribution is -2.18. The molecule has 0 bridgehead atoms. The number of rotatable bonds is 40. The monoisotopic (exact) mass is 701 g/mol. The van der Waals surface area contributed by atoms with Gasteiger partial charge in [-0.1, -0.05) is 166 Å². The Kier molecular flexibility index (Phi) is 40.0. The highest BCUT2D eigenvalue weighted by Crippen LogP contribution is 2.19. The minimum absolute atomic E-state index is 0.0115. The molecular formula is C46H84O4. The SMILES string of the molecule is CCCCC/C=C\C/C=C\CCCC/C=C\CCCCCCCC(=O)OC(CCCCCCCCCCC)CCCCCCCCCC(=O)O. The summed E-state index contributed by atoms with van der Waals surface area (Å²) in [4.78, 5) is 23.4. The molecule has 4 heteroatoms. The largest absolute Gasteiger partial charge is 0.481 e. The molecule has 0 rings (SSSR count). The second kappa shape index (κ2) is 41.6. The van der Waals surface area contributed by atoms with Crippen molar-refractivity contribution in [3.8, 4) is 0 Å². The molecule has 0 aromatic heterocycles. The average molecular weight is 701 g/mol. The molecule has 0 radical (unpaired) electrons. The molecule has 0 fully saturated rings. The summed E-state index contributed by atoms with van der Waals surface area (Å²) in [6, 6.07) is 0. The summed E-state index contributed by atoms with van der Waals surface area (Å²) < 4.78 is 6.04. The van der Waals surface area contributed by atoms with Crippen LogP contribution in [0.25, 0.3) is 0 Å². The predicted molar refractivity (Wildman–Crippen MR) is 218 cm³/mol. The number of aliphatic carboxylic acids is 1. The third-order valence-corrected chi connectivity index (χ3v) is 9.83. The number of allylic oxidation sites excluding steroid dienone is 6. The molecule has 1 atom stereocenters. The van der Waals surface area contributed by atoms with Gasteiger partial charge in [0.25, 0.3) is 0 Å². The van der Waals surface area contributed by atoms with Crippen LogP contribution in [0.2, 0.25) is 0 Å². The Labute approximate surface area is 311 Å². The molecule has 0 aliphatic rings. The van der Waals surface area contributed by atoms with Crippen molar-refractivity contribution in [2.45, 2.75) is 245 Å². The van der Waals surface area contributed by atoms with E-state index in [9.17, 15) is 9.59 Å². The van der Waals surface area contributed by atoms with Gasteiger partial charge in [0.15, 0.2) is 0 Å². The number of carboxylic acids is 1. The van der Waals surface area contributed by atoms with E-state index in [-0.39, 0.29) is 12.1 Å². The van der Waals surface area contributed by atoms with Crippen LogP contribution in [0.4, 0.5) is 0 Å². The first kappa shape index (κ1) is 48.2. The second-order valence-corrected chi connectivity index (χ2v) is 14.9. The molecule has 0 saturated heterocycles. The predicted octanol–water partition coefficient (Wildman–Crippen LogP) is 15.3. The standard InChI is InChI=1S/C46H84O4/c1-3-5-7-9-11-13-14-15-16-17-18-19-20-21-22-23-24-26-31-35-39-43-46(49)50-44(40-36-32-28-25-12-10-8-6-4-2)41-37-33-29-27-30-34-38-42-45(47)48/h11,13,15-16,21-22,44H,3-10,12,14,17-20,23-43H2,1-2H3,(H,47,48)/b13-11-,16-15-,22-21-. The molecule has 4 nitrogen and oxygen atoms in total. The van der Waals surface area contributed by atoms with Gasteiger partial charge in [-0.3, -0.25) is 9.59 Å². The van der Waals surface area contributed by atoms with Gasteiger partial charge in [0.1, 0.15) is 6.10 Å². The number of hydrogen-bond acceptors (Lipinski definition) is 3. The maximum absolute atomic E-state index is 12.7. The fourth-order valence-electron chi connectivity index (χ4n) is 6.56. The molecule has 292 valence electrons. The number of carboxylic acid groups (broad SMARTS) is 1. The normalized spacial score (nSPS) is 12.5. The lowest BCUT2D eigenvalue weighted by molar-refractivity contribution is -0.150. The van der Waals surface area contributed by atoms with E-state index in [1.165, 1.54) is 154 Å². The van der Waals surface area contributed by atoms with Crippen molar-refractivity contribution in [2.24, 2.45) is 0 Å². The van der Waals surface area contributed by atoms with E-state index in [4.69, 9.17) is 9.84 Å². The first-order chi connectivity index (χ1) is 24.6. The molecule has 0 amide bonds. The number of carbonyl (C=O) groups is 2. The molecule has 0 aliphatic carbocycles. The van der Waals surface area contributed by atoms with E-state index in [0.29, 0.717) is 12.8 Å². The highest BCUT2D eigenvalue weighted by molar-refractivity contribution is 5.69. The van der Waals surface area contributed by atoms with Crippen LogP contribution < -0.4 is 0 Å². The Morgan fingerprint density at radius 2 is 0.780 bits per heavy atom. The Hall–Kier alpha value is -1.84. The molecule has 0 spiro atoms. The van der Waals surface area contributed by atoms with Gasteiger partial charge in [-0.25, -0.2) is 0 Å². The van der Waals surface area contributed by atoms with Gasteiger partial charge >= 0.3 is 11.9 Å². The second-order valence-electron chi connectivity index (χ2n) is 14.9. The van der Waals surface area contributed by atoms with Crippen LogP contribution in [0.15, 0.2) is 36.5 Å². The molecule has 0 aromatic carbocycles. The maximum atomic E-state index is 12.7. The van der Waals surface area contributed by atoms with Gasteiger partial charge in [0.05, 0.1) is 0 Å². The van der Waals surface area contributed by atoms with Crippen molar-refractivity contribution in [3.05, 3.63) is 36.5 Å². The average Bonchev–Trinajstić information content (AvgIpc) is 3.10. The number of unbranched alkanes of at least 4 members (excludes halogenated alkanes) is 25. The summed E-state index contributed by atoms with van der Waals surface area (Å²) in [5.41, 5.74) is 0. The zero-order valence-electron chi connectivity index (χ0n) is 33.5. The Bertz CT molecular complexity index is 798. The van der Waals surface area contributed by atoms with Crippen molar-refractivity contribution < 1.29 is 19.4 Å². The van der Waals surface area contributed by atoms with Gasteiger partial charge in [-0.2, -0.15) is 0 Å². The van der Waals surface area contributed by atoms with E-state index in [1.807, 2.05) is 0 Å². The van der Waals surface area contributed by atoms with E-state index in [2.05, 4.69) is 50.3 Å².